The van der Waals surface area contributed by atoms with Gasteiger partial charge in [-0.05, 0) is 54.8 Å². The second-order valence-electron chi connectivity index (χ2n) is 7.69. The van der Waals surface area contributed by atoms with Crippen molar-refractivity contribution in [2.75, 3.05) is 27.2 Å². The molecular weight excluding hydrogens is 446 g/mol. The largest absolute Gasteiger partial charge is 0.352 e. The van der Waals surface area contributed by atoms with Gasteiger partial charge in [0.05, 0.1) is 0 Å². The molecule has 1 aliphatic rings. The Morgan fingerprint density at radius 1 is 0.967 bits per heavy atom. The maximum absolute atomic E-state index is 12.6. The minimum atomic E-state index is -0.0893. The second-order valence-corrected chi connectivity index (χ2v) is 8.60. The van der Waals surface area contributed by atoms with Gasteiger partial charge in [-0.2, -0.15) is 0 Å². The summed E-state index contributed by atoms with van der Waals surface area (Å²) in [5.41, 5.74) is 2.23. The molecule has 7 heteroatoms. The lowest BCUT2D eigenvalue weighted by Crippen LogP contribution is -2.42. The zero-order valence-electron chi connectivity index (χ0n) is 17.2. The SMILES string of the molecule is CN(C)C(=O)c1ccc(CNC(=O)C2CCN(C(=O)c3ccc(Br)cc3)CC2)cc1. The molecule has 2 aromatic rings. The molecule has 0 unspecified atom stereocenters. The first-order valence-electron chi connectivity index (χ1n) is 9.98. The maximum Gasteiger partial charge on any atom is 0.253 e. The number of piperidine rings is 1. The quantitative estimate of drug-likeness (QED) is 0.726. The van der Waals surface area contributed by atoms with Crippen molar-refractivity contribution in [1.82, 2.24) is 15.1 Å². The van der Waals surface area contributed by atoms with Crippen molar-refractivity contribution in [2.24, 2.45) is 5.92 Å². The van der Waals surface area contributed by atoms with Crippen LogP contribution in [0.3, 0.4) is 0 Å². The van der Waals surface area contributed by atoms with Crippen LogP contribution >= 0.6 is 15.9 Å². The number of amides is 3. The predicted molar refractivity (Wildman–Crippen MR) is 119 cm³/mol. The van der Waals surface area contributed by atoms with Crippen molar-refractivity contribution in [3.8, 4) is 0 Å². The number of hydrogen-bond donors (Lipinski definition) is 1. The van der Waals surface area contributed by atoms with Crippen molar-refractivity contribution in [1.29, 1.82) is 0 Å². The predicted octanol–water partition coefficient (Wildman–Crippen LogP) is 3.32. The van der Waals surface area contributed by atoms with Gasteiger partial charge in [-0.3, -0.25) is 14.4 Å². The van der Waals surface area contributed by atoms with E-state index in [0.717, 1.165) is 10.0 Å². The number of carbonyl (C=O) groups is 3. The standard InChI is InChI=1S/C23H26BrN3O3/c1-26(2)22(29)18-5-3-16(4-6-18)15-25-21(28)17-11-13-27(14-12-17)23(30)19-7-9-20(24)10-8-19/h3-10,17H,11-15H2,1-2H3,(H,25,28). The van der Waals surface area contributed by atoms with Crippen molar-refractivity contribution < 1.29 is 14.4 Å². The summed E-state index contributed by atoms with van der Waals surface area (Å²) < 4.78 is 0.938. The van der Waals surface area contributed by atoms with E-state index in [-0.39, 0.29) is 23.6 Å². The van der Waals surface area contributed by atoms with Gasteiger partial charge in [0.2, 0.25) is 5.91 Å². The van der Waals surface area contributed by atoms with E-state index in [9.17, 15) is 14.4 Å². The molecule has 1 saturated heterocycles. The normalized spacial score (nSPS) is 14.3. The number of halogens is 1. The molecule has 2 aromatic carbocycles. The number of nitrogens with zero attached hydrogens (tertiary/aromatic N) is 2. The van der Waals surface area contributed by atoms with Crippen LogP contribution in [0.1, 0.15) is 39.1 Å². The average molecular weight is 472 g/mol. The summed E-state index contributed by atoms with van der Waals surface area (Å²) in [4.78, 5) is 40.4. The maximum atomic E-state index is 12.6. The third-order valence-corrected chi connectivity index (χ3v) is 5.85. The topological polar surface area (TPSA) is 69.7 Å². The molecule has 1 N–H and O–H groups in total. The number of likely N-dealkylation sites (tertiary alicyclic amines) is 1. The highest BCUT2D eigenvalue weighted by Gasteiger charge is 2.27. The van der Waals surface area contributed by atoms with Crippen molar-refractivity contribution >= 4 is 33.7 Å². The number of benzene rings is 2. The molecule has 0 radical (unpaired) electrons. The van der Waals surface area contributed by atoms with Crippen LogP contribution in [0.4, 0.5) is 0 Å². The first kappa shape index (κ1) is 22.0. The summed E-state index contributed by atoms with van der Waals surface area (Å²) in [6.07, 6.45) is 1.31. The fraction of sp³-hybridized carbons (Fsp3) is 0.348. The summed E-state index contributed by atoms with van der Waals surface area (Å²) in [6, 6.07) is 14.6. The fourth-order valence-electron chi connectivity index (χ4n) is 3.48. The Labute approximate surface area is 185 Å². The van der Waals surface area contributed by atoms with Crippen LogP contribution in [0.2, 0.25) is 0 Å². The fourth-order valence-corrected chi connectivity index (χ4v) is 3.74. The summed E-state index contributed by atoms with van der Waals surface area (Å²) in [5, 5.41) is 2.98. The highest BCUT2D eigenvalue weighted by Crippen LogP contribution is 2.20. The third-order valence-electron chi connectivity index (χ3n) is 5.32. The van der Waals surface area contributed by atoms with Gasteiger partial charge in [0, 0.05) is 55.2 Å². The van der Waals surface area contributed by atoms with E-state index in [1.54, 1.807) is 26.2 Å². The zero-order valence-corrected chi connectivity index (χ0v) is 18.8. The van der Waals surface area contributed by atoms with Crippen molar-refractivity contribution in [2.45, 2.75) is 19.4 Å². The van der Waals surface area contributed by atoms with E-state index in [0.29, 0.717) is 43.6 Å². The van der Waals surface area contributed by atoms with E-state index in [1.807, 2.05) is 41.3 Å². The van der Waals surface area contributed by atoms with Gasteiger partial charge in [0.15, 0.2) is 0 Å². The number of rotatable bonds is 5. The van der Waals surface area contributed by atoms with Crippen LogP contribution in [0, 0.1) is 5.92 Å². The molecule has 0 saturated carbocycles. The van der Waals surface area contributed by atoms with Crippen LogP contribution in [0.25, 0.3) is 0 Å². The van der Waals surface area contributed by atoms with Crippen LogP contribution in [-0.2, 0) is 11.3 Å². The first-order valence-corrected chi connectivity index (χ1v) is 10.8. The van der Waals surface area contributed by atoms with Gasteiger partial charge in [-0.15, -0.1) is 0 Å². The third kappa shape index (κ3) is 5.48. The van der Waals surface area contributed by atoms with Crippen LogP contribution < -0.4 is 5.32 Å². The van der Waals surface area contributed by atoms with Crippen LogP contribution in [0.5, 0.6) is 0 Å². The molecule has 30 heavy (non-hydrogen) atoms. The van der Waals surface area contributed by atoms with Gasteiger partial charge < -0.3 is 15.1 Å². The molecule has 1 fully saturated rings. The Morgan fingerprint density at radius 2 is 1.53 bits per heavy atom. The number of nitrogens with one attached hydrogen (secondary N) is 1. The Morgan fingerprint density at radius 3 is 2.10 bits per heavy atom. The second kappa shape index (κ2) is 9.89. The molecule has 0 bridgehead atoms. The summed E-state index contributed by atoms with van der Waals surface area (Å²) in [5.74, 6) is -0.114. The van der Waals surface area contributed by atoms with Gasteiger partial charge in [0.1, 0.15) is 0 Å². The molecule has 1 aliphatic heterocycles. The minimum Gasteiger partial charge on any atom is -0.352 e. The lowest BCUT2D eigenvalue weighted by Gasteiger charge is -2.31. The van der Waals surface area contributed by atoms with Gasteiger partial charge in [0.25, 0.3) is 11.8 Å². The van der Waals surface area contributed by atoms with Crippen molar-refractivity contribution in [3.05, 3.63) is 69.7 Å². The Hall–Kier alpha value is -2.67. The van der Waals surface area contributed by atoms with E-state index < -0.39 is 0 Å². The van der Waals surface area contributed by atoms with Gasteiger partial charge >= 0.3 is 0 Å². The molecule has 1 heterocycles. The lowest BCUT2D eigenvalue weighted by molar-refractivity contribution is -0.126. The molecule has 6 nitrogen and oxygen atoms in total. The molecule has 0 aromatic heterocycles. The molecule has 0 aliphatic carbocycles. The Balaban J connectivity index is 1.47. The summed E-state index contributed by atoms with van der Waals surface area (Å²) >= 11 is 3.38. The van der Waals surface area contributed by atoms with Crippen LogP contribution in [0.15, 0.2) is 53.0 Å². The highest BCUT2D eigenvalue weighted by atomic mass is 79.9. The monoisotopic (exact) mass is 471 g/mol. The molecular formula is C23H26BrN3O3. The van der Waals surface area contributed by atoms with Crippen molar-refractivity contribution in [3.63, 3.8) is 0 Å². The van der Waals surface area contributed by atoms with E-state index in [2.05, 4.69) is 21.2 Å². The van der Waals surface area contributed by atoms with Crippen LogP contribution in [-0.4, -0.2) is 54.7 Å². The smallest absolute Gasteiger partial charge is 0.253 e. The van der Waals surface area contributed by atoms with E-state index in [1.165, 1.54) is 4.90 Å². The Kier molecular flexibility index (Phi) is 7.26. The first-order chi connectivity index (χ1) is 14.3. The lowest BCUT2D eigenvalue weighted by atomic mass is 9.95. The Bertz CT molecular complexity index is 902. The highest BCUT2D eigenvalue weighted by molar-refractivity contribution is 9.10. The molecule has 3 amide bonds. The molecule has 3 rings (SSSR count). The molecule has 158 valence electrons. The zero-order chi connectivity index (χ0) is 21.7. The molecule has 0 spiro atoms. The average Bonchev–Trinajstić information content (AvgIpc) is 2.77. The number of hydrogen-bond acceptors (Lipinski definition) is 3. The summed E-state index contributed by atoms with van der Waals surface area (Å²) in [7, 11) is 3.43. The summed E-state index contributed by atoms with van der Waals surface area (Å²) in [6.45, 7) is 1.58. The minimum absolute atomic E-state index is 0.00807. The van der Waals surface area contributed by atoms with E-state index >= 15 is 0 Å². The van der Waals surface area contributed by atoms with E-state index in [4.69, 9.17) is 0 Å². The number of carbonyl (C=O) groups excluding carboxylic acids is 3. The van der Waals surface area contributed by atoms with Gasteiger partial charge in [-0.25, -0.2) is 0 Å². The van der Waals surface area contributed by atoms with Gasteiger partial charge in [-0.1, -0.05) is 28.1 Å². The molecule has 0 atom stereocenters.